The van der Waals surface area contributed by atoms with Crippen LogP contribution in [-0.4, -0.2) is 17.4 Å². The van der Waals surface area contributed by atoms with Gasteiger partial charge in [0.05, 0.1) is 6.61 Å². The molecule has 0 saturated carbocycles. The SMILES string of the molecule is CCCCOc1cc(C(C)=O)ccn1. The van der Waals surface area contributed by atoms with Crippen LogP contribution in [0.25, 0.3) is 0 Å². The number of carbonyl (C=O) groups is 1. The molecule has 0 aromatic carbocycles. The van der Waals surface area contributed by atoms with E-state index in [1.807, 2.05) is 0 Å². The molecule has 0 unspecified atom stereocenters. The maximum Gasteiger partial charge on any atom is 0.213 e. The molecular weight excluding hydrogens is 178 g/mol. The van der Waals surface area contributed by atoms with Crippen molar-refractivity contribution in [2.45, 2.75) is 26.7 Å². The van der Waals surface area contributed by atoms with Crippen molar-refractivity contribution in [2.24, 2.45) is 0 Å². The minimum atomic E-state index is 0.0349. The first-order chi connectivity index (χ1) is 6.74. The normalized spacial score (nSPS) is 9.86. The second-order valence-electron chi connectivity index (χ2n) is 3.14. The Morgan fingerprint density at radius 3 is 3.00 bits per heavy atom. The summed E-state index contributed by atoms with van der Waals surface area (Å²) in [5.41, 5.74) is 0.645. The van der Waals surface area contributed by atoms with E-state index >= 15 is 0 Å². The van der Waals surface area contributed by atoms with Gasteiger partial charge < -0.3 is 4.74 Å². The third-order valence-electron chi connectivity index (χ3n) is 1.89. The van der Waals surface area contributed by atoms with E-state index in [1.165, 1.54) is 6.92 Å². The Balaban J connectivity index is 2.59. The van der Waals surface area contributed by atoms with Gasteiger partial charge in [-0.25, -0.2) is 4.98 Å². The molecule has 0 fully saturated rings. The van der Waals surface area contributed by atoms with E-state index < -0.39 is 0 Å². The molecule has 0 atom stereocenters. The number of ether oxygens (including phenoxy) is 1. The van der Waals surface area contributed by atoms with Gasteiger partial charge in [-0.1, -0.05) is 13.3 Å². The highest BCUT2D eigenvalue weighted by molar-refractivity contribution is 5.94. The van der Waals surface area contributed by atoms with Crippen molar-refractivity contribution in [1.82, 2.24) is 4.98 Å². The van der Waals surface area contributed by atoms with Gasteiger partial charge in [-0.15, -0.1) is 0 Å². The number of hydrogen-bond donors (Lipinski definition) is 0. The Hall–Kier alpha value is -1.38. The molecule has 0 aliphatic rings. The lowest BCUT2D eigenvalue weighted by Gasteiger charge is -2.04. The zero-order valence-corrected chi connectivity index (χ0v) is 8.62. The second-order valence-corrected chi connectivity index (χ2v) is 3.14. The molecule has 1 aromatic rings. The summed E-state index contributed by atoms with van der Waals surface area (Å²) in [4.78, 5) is 15.1. The van der Waals surface area contributed by atoms with E-state index in [2.05, 4.69) is 11.9 Å². The number of unbranched alkanes of at least 4 members (excludes halogenated alkanes) is 1. The van der Waals surface area contributed by atoms with Gasteiger partial charge in [0, 0.05) is 17.8 Å². The van der Waals surface area contributed by atoms with Gasteiger partial charge >= 0.3 is 0 Å². The lowest BCUT2D eigenvalue weighted by atomic mass is 10.2. The van der Waals surface area contributed by atoms with Gasteiger partial charge in [0.2, 0.25) is 5.88 Å². The molecule has 1 heterocycles. The van der Waals surface area contributed by atoms with Crippen LogP contribution >= 0.6 is 0 Å². The average Bonchev–Trinajstić information content (AvgIpc) is 2.19. The number of hydrogen-bond acceptors (Lipinski definition) is 3. The van der Waals surface area contributed by atoms with E-state index in [0.29, 0.717) is 18.1 Å². The summed E-state index contributed by atoms with van der Waals surface area (Å²) in [6.45, 7) is 4.29. The molecule has 0 radical (unpaired) electrons. The number of rotatable bonds is 5. The molecule has 0 spiro atoms. The topological polar surface area (TPSA) is 39.2 Å². The van der Waals surface area contributed by atoms with Crippen LogP contribution < -0.4 is 4.74 Å². The summed E-state index contributed by atoms with van der Waals surface area (Å²) in [7, 11) is 0. The predicted molar refractivity (Wildman–Crippen MR) is 54.6 cm³/mol. The molecule has 76 valence electrons. The maximum absolute atomic E-state index is 11.0. The highest BCUT2D eigenvalue weighted by atomic mass is 16.5. The van der Waals surface area contributed by atoms with Gasteiger partial charge in [-0.05, 0) is 19.4 Å². The van der Waals surface area contributed by atoms with Crippen LogP contribution in [-0.2, 0) is 0 Å². The third kappa shape index (κ3) is 3.17. The largest absolute Gasteiger partial charge is 0.478 e. The molecule has 0 amide bonds. The molecule has 3 heteroatoms. The number of ketones is 1. The molecule has 0 saturated heterocycles. The Morgan fingerprint density at radius 2 is 2.36 bits per heavy atom. The summed E-state index contributed by atoms with van der Waals surface area (Å²) in [6.07, 6.45) is 3.69. The molecule has 14 heavy (non-hydrogen) atoms. The first kappa shape index (κ1) is 10.7. The van der Waals surface area contributed by atoms with E-state index in [9.17, 15) is 4.79 Å². The zero-order chi connectivity index (χ0) is 10.4. The van der Waals surface area contributed by atoms with Crippen LogP contribution in [0.2, 0.25) is 0 Å². The molecule has 0 aliphatic carbocycles. The first-order valence-corrected chi connectivity index (χ1v) is 4.84. The highest BCUT2D eigenvalue weighted by Crippen LogP contribution is 2.10. The van der Waals surface area contributed by atoms with Gasteiger partial charge in [0.1, 0.15) is 0 Å². The molecule has 1 rings (SSSR count). The lowest BCUT2D eigenvalue weighted by Crippen LogP contribution is -2.00. The Kier molecular flexibility index (Phi) is 4.11. The van der Waals surface area contributed by atoms with Gasteiger partial charge in [0.15, 0.2) is 5.78 Å². The smallest absolute Gasteiger partial charge is 0.213 e. The first-order valence-electron chi connectivity index (χ1n) is 4.84. The van der Waals surface area contributed by atoms with Gasteiger partial charge in [0.25, 0.3) is 0 Å². The van der Waals surface area contributed by atoms with E-state index in [-0.39, 0.29) is 5.78 Å². The average molecular weight is 193 g/mol. The van der Waals surface area contributed by atoms with Crippen molar-refractivity contribution in [3.05, 3.63) is 23.9 Å². The quantitative estimate of drug-likeness (QED) is 0.532. The van der Waals surface area contributed by atoms with Crippen molar-refractivity contribution >= 4 is 5.78 Å². The fourth-order valence-electron chi connectivity index (χ4n) is 1.03. The number of pyridine rings is 1. The number of aromatic nitrogens is 1. The number of Topliss-reactive ketones (excluding diaryl/α,β-unsaturated/α-hetero) is 1. The molecular formula is C11H15NO2. The molecule has 0 bridgehead atoms. The molecule has 0 N–H and O–H groups in total. The molecule has 1 aromatic heterocycles. The number of nitrogens with zero attached hydrogens (tertiary/aromatic N) is 1. The highest BCUT2D eigenvalue weighted by Gasteiger charge is 2.01. The van der Waals surface area contributed by atoms with Crippen molar-refractivity contribution in [1.29, 1.82) is 0 Å². The van der Waals surface area contributed by atoms with Crippen LogP contribution in [0.15, 0.2) is 18.3 Å². The van der Waals surface area contributed by atoms with Crippen LogP contribution in [0.1, 0.15) is 37.0 Å². The van der Waals surface area contributed by atoms with Crippen molar-refractivity contribution in [3.63, 3.8) is 0 Å². The summed E-state index contributed by atoms with van der Waals surface area (Å²) < 4.78 is 5.37. The third-order valence-corrected chi connectivity index (χ3v) is 1.89. The van der Waals surface area contributed by atoms with Gasteiger partial charge in [-0.3, -0.25) is 4.79 Å². The Morgan fingerprint density at radius 1 is 1.57 bits per heavy atom. The maximum atomic E-state index is 11.0. The van der Waals surface area contributed by atoms with Crippen LogP contribution in [0.3, 0.4) is 0 Å². The molecule has 3 nitrogen and oxygen atoms in total. The standard InChI is InChI=1S/C11H15NO2/c1-3-4-7-14-11-8-10(9(2)13)5-6-12-11/h5-6,8H,3-4,7H2,1-2H3. The summed E-state index contributed by atoms with van der Waals surface area (Å²) in [5, 5.41) is 0. The second kappa shape index (κ2) is 5.37. The summed E-state index contributed by atoms with van der Waals surface area (Å²) >= 11 is 0. The van der Waals surface area contributed by atoms with Gasteiger partial charge in [-0.2, -0.15) is 0 Å². The minimum Gasteiger partial charge on any atom is -0.478 e. The van der Waals surface area contributed by atoms with Crippen LogP contribution in [0.5, 0.6) is 5.88 Å². The predicted octanol–water partition coefficient (Wildman–Crippen LogP) is 2.46. The van der Waals surface area contributed by atoms with Crippen molar-refractivity contribution in [2.75, 3.05) is 6.61 Å². The van der Waals surface area contributed by atoms with Crippen LogP contribution in [0.4, 0.5) is 0 Å². The minimum absolute atomic E-state index is 0.0349. The van der Waals surface area contributed by atoms with E-state index in [0.717, 1.165) is 12.8 Å². The number of carbonyl (C=O) groups excluding carboxylic acids is 1. The van der Waals surface area contributed by atoms with Crippen molar-refractivity contribution in [3.8, 4) is 5.88 Å². The fraction of sp³-hybridized carbons (Fsp3) is 0.455. The molecule has 0 aliphatic heterocycles. The monoisotopic (exact) mass is 193 g/mol. The lowest BCUT2D eigenvalue weighted by molar-refractivity contribution is 0.101. The van der Waals surface area contributed by atoms with Crippen molar-refractivity contribution < 1.29 is 9.53 Å². The van der Waals surface area contributed by atoms with Crippen LogP contribution in [0, 0.1) is 0 Å². The Bertz CT molecular complexity index is 310. The zero-order valence-electron chi connectivity index (χ0n) is 8.62. The summed E-state index contributed by atoms with van der Waals surface area (Å²) in [5.74, 6) is 0.568. The Labute approximate surface area is 84.1 Å². The van der Waals surface area contributed by atoms with E-state index in [1.54, 1.807) is 18.3 Å². The van der Waals surface area contributed by atoms with E-state index in [4.69, 9.17) is 4.74 Å². The summed E-state index contributed by atoms with van der Waals surface area (Å²) in [6, 6.07) is 3.37. The fourth-order valence-corrected chi connectivity index (χ4v) is 1.03.